The molecule has 0 atom stereocenters. The molecule has 0 saturated carbocycles. The third-order valence-electron chi connectivity index (χ3n) is 3.52. The SMILES string of the molecule is COc1cccc(CNc2nccn(-c3cccc(F)c3)c2=O)c1. The highest BCUT2D eigenvalue weighted by Crippen LogP contribution is 2.13. The van der Waals surface area contributed by atoms with Gasteiger partial charge in [0.25, 0.3) is 5.56 Å². The molecule has 3 rings (SSSR count). The average Bonchev–Trinajstić information content (AvgIpc) is 2.61. The van der Waals surface area contributed by atoms with Crippen LogP contribution in [-0.4, -0.2) is 16.7 Å². The van der Waals surface area contributed by atoms with Crippen molar-refractivity contribution in [3.8, 4) is 11.4 Å². The summed E-state index contributed by atoms with van der Waals surface area (Å²) in [5.41, 5.74) is 1.06. The van der Waals surface area contributed by atoms with Crippen molar-refractivity contribution in [1.82, 2.24) is 9.55 Å². The van der Waals surface area contributed by atoms with Gasteiger partial charge in [0.2, 0.25) is 0 Å². The molecule has 0 spiro atoms. The second-order valence-electron chi connectivity index (χ2n) is 5.14. The van der Waals surface area contributed by atoms with E-state index >= 15 is 0 Å². The van der Waals surface area contributed by atoms with Gasteiger partial charge in [-0.3, -0.25) is 9.36 Å². The largest absolute Gasteiger partial charge is 0.497 e. The molecule has 0 amide bonds. The molecule has 0 radical (unpaired) electrons. The molecule has 0 bridgehead atoms. The summed E-state index contributed by atoms with van der Waals surface area (Å²) in [5.74, 6) is 0.541. The van der Waals surface area contributed by atoms with Gasteiger partial charge in [-0.05, 0) is 35.9 Å². The van der Waals surface area contributed by atoms with Gasteiger partial charge >= 0.3 is 0 Å². The van der Waals surface area contributed by atoms with Gasteiger partial charge in [0, 0.05) is 18.9 Å². The van der Waals surface area contributed by atoms with Gasteiger partial charge in [-0.25, -0.2) is 9.37 Å². The van der Waals surface area contributed by atoms with Crippen molar-refractivity contribution in [2.45, 2.75) is 6.54 Å². The quantitative estimate of drug-likeness (QED) is 0.783. The lowest BCUT2D eigenvalue weighted by Crippen LogP contribution is -2.23. The number of rotatable bonds is 5. The van der Waals surface area contributed by atoms with Crippen LogP contribution in [0.2, 0.25) is 0 Å². The lowest BCUT2D eigenvalue weighted by Gasteiger charge is -2.10. The second-order valence-corrected chi connectivity index (χ2v) is 5.14. The fourth-order valence-electron chi connectivity index (χ4n) is 2.33. The zero-order chi connectivity index (χ0) is 16.9. The minimum absolute atomic E-state index is 0.199. The van der Waals surface area contributed by atoms with E-state index in [1.807, 2.05) is 24.3 Å². The molecular weight excluding hydrogens is 309 g/mol. The fraction of sp³-hybridized carbons (Fsp3) is 0.111. The number of aromatic nitrogens is 2. The van der Waals surface area contributed by atoms with Crippen molar-refractivity contribution >= 4 is 5.82 Å². The Morgan fingerprint density at radius 1 is 1.21 bits per heavy atom. The number of halogens is 1. The topological polar surface area (TPSA) is 56.1 Å². The molecule has 1 N–H and O–H groups in total. The van der Waals surface area contributed by atoms with E-state index in [1.54, 1.807) is 19.2 Å². The van der Waals surface area contributed by atoms with Crippen LogP contribution in [0.3, 0.4) is 0 Å². The van der Waals surface area contributed by atoms with Crippen LogP contribution in [-0.2, 0) is 6.54 Å². The van der Waals surface area contributed by atoms with E-state index in [1.165, 1.54) is 29.1 Å². The van der Waals surface area contributed by atoms with Gasteiger partial charge in [0.15, 0.2) is 5.82 Å². The minimum Gasteiger partial charge on any atom is -0.497 e. The van der Waals surface area contributed by atoms with Crippen molar-refractivity contribution in [2.24, 2.45) is 0 Å². The van der Waals surface area contributed by atoms with E-state index in [0.717, 1.165) is 11.3 Å². The monoisotopic (exact) mass is 325 g/mol. The Balaban J connectivity index is 1.84. The first-order valence-corrected chi connectivity index (χ1v) is 7.38. The lowest BCUT2D eigenvalue weighted by atomic mass is 10.2. The number of benzene rings is 2. The standard InChI is InChI=1S/C18H16FN3O2/c1-24-16-7-2-4-13(10-16)12-21-17-18(23)22(9-8-20-17)15-6-3-5-14(19)11-15/h2-11H,12H2,1H3,(H,20,21). The normalized spacial score (nSPS) is 10.4. The van der Waals surface area contributed by atoms with Gasteiger partial charge in [-0.2, -0.15) is 0 Å². The van der Waals surface area contributed by atoms with Gasteiger partial charge in [-0.1, -0.05) is 18.2 Å². The highest BCUT2D eigenvalue weighted by atomic mass is 19.1. The lowest BCUT2D eigenvalue weighted by molar-refractivity contribution is 0.414. The molecule has 2 aromatic carbocycles. The average molecular weight is 325 g/mol. The van der Waals surface area contributed by atoms with Crippen molar-refractivity contribution in [1.29, 1.82) is 0 Å². The summed E-state index contributed by atoms with van der Waals surface area (Å²) in [5, 5.41) is 3.01. The molecule has 24 heavy (non-hydrogen) atoms. The van der Waals surface area contributed by atoms with Crippen LogP contribution < -0.4 is 15.6 Å². The summed E-state index contributed by atoms with van der Waals surface area (Å²) in [4.78, 5) is 16.6. The summed E-state index contributed by atoms with van der Waals surface area (Å²) >= 11 is 0. The molecule has 1 heterocycles. The minimum atomic E-state index is -0.401. The summed E-state index contributed by atoms with van der Waals surface area (Å²) in [6, 6.07) is 13.4. The number of ether oxygens (including phenoxy) is 1. The number of nitrogens with zero attached hydrogens (tertiary/aromatic N) is 2. The van der Waals surface area contributed by atoms with Crippen LogP contribution in [0.25, 0.3) is 5.69 Å². The van der Waals surface area contributed by atoms with Crippen molar-refractivity contribution in [3.63, 3.8) is 0 Å². The van der Waals surface area contributed by atoms with Gasteiger partial charge in [-0.15, -0.1) is 0 Å². The molecule has 0 aliphatic rings. The number of anilines is 1. The van der Waals surface area contributed by atoms with Crippen LogP contribution in [0.5, 0.6) is 5.75 Å². The van der Waals surface area contributed by atoms with Crippen LogP contribution in [0.1, 0.15) is 5.56 Å². The fourth-order valence-corrected chi connectivity index (χ4v) is 2.33. The van der Waals surface area contributed by atoms with E-state index in [9.17, 15) is 9.18 Å². The number of hydrogen-bond acceptors (Lipinski definition) is 4. The number of hydrogen-bond donors (Lipinski definition) is 1. The maximum absolute atomic E-state index is 13.4. The molecule has 0 aliphatic heterocycles. The van der Waals surface area contributed by atoms with E-state index in [0.29, 0.717) is 12.2 Å². The Hall–Kier alpha value is -3.15. The number of methoxy groups -OCH3 is 1. The summed E-state index contributed by atoms with van der Waals surface area (Å²) in [6.45, 7) is 0.423. The first-order valence-electron chi connectivity index (χ1n) is 7.38. The zero-order valence-corrected chi connectivity index (χ0v) is 13.1. The first-order chi connectivity index (χ1) is 11.7. The molecule has 3 aromatic rings. The predicted octanol–water partition coefficient (Wildman–Crippen LogP) is 2.99. The maximum Gasteiger partial charge on any atom is 0.297 e. The van der Waals surface area contributed by atoms with Crippen LogP contribution in [0, 0.1) is 5.82 Å². The maximum atomic E-state index is 13.4. The van der Waals surface area contributed by atoms with Gasteiger partial charge in [0.05, 0.1) is 12.8 Å². The van der Waals surface area contributed by atoms with Crippen molar-refractivity contribution in [3.05, 3.63) is 82.7 Å². The Morgan fingerprint density at radius 3 is 2.83 bits per heavy atom. The molecule has 0 saturated heterocycles. The second kappa shape index (κ2) is 6.95. The smallest absolute Gasteiger partial charge is 0.297 e. The van der Waals surface area contributed by atoms with E-state index in [4.69, 9.17) is 4.74 Å². The highest BCUT2D eigenvalue weighted by molar-refractivity contribution is 5.39. The molecule has 0 aliphatic carbocycles. The summed E-state index contributed by atoms with van der Waals surface area (Å²) in [7, 11) is 1.60. The third-order valence-corrected chi connectivity index (χ3v) is 3.52. The first kappa shape index (κ1) is 15.7. The van der Waals surface area contributed by atoms with Crippen molar-refractivity contribution in [2.75, 3.05) is 12.4 Å². The van der Waals surface area contributed by atoms with Gasteiger partial charge in [0.1, 0.15) is 11.6 Å². The zero-order valence-electron chi connectivity index (χ0n) is 13.1. The van der Waals surface area contributed by atoms with Gasteiger partial charge < -0.3 is 10.1 Å². The van der Waals surface area contributed by atoms with Crippen LogP contribution >= 0.6 is 0 Å². The van der Waals surface area contributed by atoms with E-state index in [-0.39, 0.29) is 11.4 Å². The molecular formula is C18H16FN3O2. The molecule has 0 fully saturated rings. The Labute approximate surface area is 138 Å². The Morgan fingerprint density at radius 2 is 2.04 bits per heavy atom. The van der Waals surface area contributed by atoms with E-state index < -0.39 is 5.82 Å². The number of nitrogens with one attached hydrogen (secondary N) is 1. The van der Waals surface area contributed by atoms with Crippen molar-refractivity contribution < 1.29 is 9.13 Å². The Kier molecular flexibility index (Phi) is 4.56. The molecule has 1 aromatic heterocycles. The molecule has 6 heteroatoms. The Bertz CT molecular complexity index is 909. The molecule has 0 unspecified atom stereocenters. The third kappa shape index (κ3) is 3.43. The summed E-state index contributed by atoms with van der Waals surface area (Å²) < 4.78 is 19.9. The molecule has 122 valence electrons. The van der Waals surface area contributed by atoms with Crippen LogP contribution in [0.15, 0.2) is 65.7 Å². The van der Waals surface area contributed by atoms with Crippen LogP contribution in [0.4, 0.5) is 10.2 Å². The highest BCUT2D eigenvalue weighted by Gasteiger charge is 2.07. The predicted molar refractivity (Wildman–Crippen MR) is 90.1 cm³/mol. The summed E-state index contributed by atoms with van der Waals surface area (Å²) in [6.07, 6.45) is 3.01. The van der Waals surface area contributed by atoms with E-state index in [2.05, 4.69) is 10.3 Å². The molecule has 5 nitrogen and oxygen atoms in total.